The number of aliphatic hydroxyl groups excluding tert-OH is 1. The highest BCUT2D eigenvalue weighted by Crippen LogP contribution is 2.47. The number of aliphatic hydroxyl groups is 1. The summed E-state index contributed by atoms with van der Waals surface area (Å²) in [5, 5.41) is 6.91. The van der Waals surface area contributed by atoms with Crippen molar-refractivity contribution in [2.45, 2.75) is 71.3 Å². The number of nitrogens with zero attached hydrogens (tertiary/aromatic N) is 4. The molecule has 1 aliphatic heterocycles. The van der Waals surface area contributed by atoms with Gasteiger partial charge in [0.1, 0.15) is 20.5 Å². The fourth-order valence-electron chi connectivity index (χ4n) is 3.99. The second-order valence-corrected chi connectivity index (χ2v) is 9.80. The average molecular weight is 473 g/mol. The first kappa shape index (κ1) is 23.2. The van der Waals surface area contributed by atoms with E-state index in [9.17, 15) is 9.59 Å². The highest BCUT2D eigenvalue weighted by atomic mass is 31.2. The number of H-pyrrole nitrogens is 1. The van der Waals surface area contributed by atoms with Crippen molar-refractivity contribution in [3.8, 4) is 0 Å². The molecule has 0 aromatic carbocycles. The number of ether oxygens (including phenoxy) is 1. The Bertz CT molecular complexity index is 1030. The van der Waals surface area contributed by atoms with Gasteiger partial charge in [-0.25, -0.2) is 9.37 Å². The van der Waals surface area contributed by atoms with Gasteiger partial charge < -0.3 is 14.4 Å². The van der Waals surface area contributed by atoms with Gasteiger partial charge in [-0.2, -0.15) is 4.98 Å². The van der Waals surface area contributed by atoms with E-state index >= 15 is 4.39 Å². The summed E-state index contributed by atoms with van der Waals surface area (Å²) in [7, 11) is -1.18. The first-order valence-electron chi connectivity index (χ1n) is 10.8. The summed E-state index contributed by atoms with van der Waals surface area (Å²) in [5.41, 5.74) is -0.566. The lowest BCUT2D eigenvalue weighted by Crippen LogP contribution is -2.38. The van der Waals surface area contributed by atoms with E-state index in [4.69, 9.17) is 10.7 Å². The maximum atomic E-state index is 15.7. The van der Waals surface area contributed by atoms with Gasteiger partial charge >= 0.3 is 0 Å². The Morgan fingerprint density at radius 3 is 2.78 bits per heavy atom. The van der Waals surface area contributed by atoms with Crippen molar-refractivity contribution in [1.29, 1.82) is 1.43 Å². The minimum Gasteiger partial charge on any atom is -0.394 e. The maximum absolute atomic E-state index is 15.7. The number of nitrogens with one attached hydrogen (secondary N) is 2. The molecule has 1 amide bonds. The number of anilines is 1. The smallest absolute Gasteiger partial charge is 0.280 e. The predicted molar refractivity (Wildman–Crippen MR) is 118 cm³/mol. The Morgan fingerprint density at radius 2 is 2.19 bits per heavy atom. The Labute approximate surface area is 187 Å². The van der Waals surface area contributed by atoms with Crippen LogP contribution in [-0.4, -0.2) is 80.4 Å². The highest BCUT2D eigenvalue weighted by Gasteiger charge is 2.48. The van der Waals surface area contributed by atoms with Crippen molar-refractivity contribution >= 4 is 31.3 Å². The molecule has 11 nitrogen and oxygen atoms in total. The molecule has 2 aromatic heterocycles. The van der Waals surface area contributed by atoms with Crippen LogP contribution in [0.5, 0.6) is 0 Å². The van der Waals surface area contributed by atoms with Gasteiger partial charge in [0, 0.05) is 19.0 Å². The maximum Gasteiger partial charge on any atom is 0.280 e. The van der Waals surface area contributed by atoms with Gasteiger partial charge in [-0.3, -0.25) is 29.1 Å². The molecule has 5 atom stereocenters. The summed E-state index contributed by atoms with van der Waals surface area (Å²) >= 11 is 0. The third-order valence-corrected chi connectivity index (χ3v) is 7.21. The number of hydrogen-bond acceptors (Lipinski definition) is 8. The summed E-state index contributed by atoms with van der Waals surface area (Å²) in [4.78, 5) is 34.4. The second kappa shape index (κ2) is 9.88. The first-order valence-corrected chi connectivity index (χ1v) is 12.0. The van der Waals surface area contributed by atoms with E-state index in [1.54, 1.807) is 0 Å². The van der Waals surface area contributed by atoms with Crippen LogP contribution in [0.15, 0.2) is 11.1 Å². The van der Waals surface area contributed by atoms with Crippen molar-refractivity contribution in [2.75, 3.05) is 18.6 Å². The largest absolute Gasteiger partial charge is 0.394 e. The molecule has 3 rings (SSSR count). The van der Waals surface area contributed by atoms with Crippen LogP contribution in [0.1, 0.15) is 40.8 Å². The van der Waals surface area contributed by atoms with E-state index in [-0.39, 0.29) is 35.8 Å². The molecule has 13 heteroatoms. The number of rotatable bonds is 9. The number of aromatic nitrogens is 4. The summed E-state index contributed by atoms with van der Waals surface area (Å²) in [6, 6.07) is 0.368. The van der Waals surface area contributed by atoms with E-state index in [0.717, 1.165) is 0 Å². The van der Waals surface area contributed by atoms with Crippen LogP contribution in [0.3, 0.4) is 0 Å². The Hall–Kier alpha value is -1.98. The number of amides is 1. The second-order valence-electron chi connectivity index (χ2n) is 8.20. The zero-order chi connectivity index (χ0) is 24.4. The van der Waals surface area contributed by atoms with E-state index < -0.39 is 44.4 Å². The zero-order valence-corrected chi connectivity index (χ0v) is 19.8. The third kappa shape index (κ3) is 4.84. The molecule has 2 aromatic rings. The summed E-state index contributed by atoms with van der Waals surface area (Å²) in [6.07, 6.45) is -3.48. The fraction of sp³-hybridized carbons (Fsp3) is 0.684. The molecule has 0 spiro atoms. The molecule has 2 unspecified atom stereocenters. The molecule has 1 fully saturated rings. The van der Waals surface area contributed by atoms with Crippen LogP contribution in [0, 0.1) is 0 Å². The SMILES string of the molecule is [2H]OC[C@H]1O[C@@H](n2cnc3c(=O)[nH]c(NC(C)=O)nc32)[C@@H](F)C1OP(C)N(C(C)C)C(C)C. The molecule has 0 bridgehead atoms. The van der Waals surface area contributed by atoms with Gasteiger partial charge in [0.25, 0.3) is 5.56 Å². The number of fused-ring (bicyclic) bond motifs is 1. The number of imidazole rings is 1. The Balaban J connectivity index is 1.93. The molecule has 178 valence electrons. The molecule has 0 radical (unpaired) electrons. The normalized spacial score (nSPS) is 25.1. The van der Waals surface area contributed by atoms with Crippen LogP contribution < -0.4 is 10.9 Å². The molecule has 32 heavy (non-hydrogen) atoms. The quantitative estimate of drug-likeness (QED) is 0.469. The number of aromatic amines is 1. The molecule has 1 saturated heterocycles. The van der Waals surface area contributed by atoms with E-state index in [2.05, 4.69) is 30.0 Å². The van der Waals surface area contributed by atoms with E-state index in [1.165, 1.54) is 17.8 Å². The number of carbonyl (C=O) groups excluding carboxylic acids is 1. The number of carbonyl (C=O) groups is 1. The predicted octanol–water partition coefficient (Wildman–Crippen LogP) is 1.75. The van der Waals surface area contributed by atoms with Crippen molar-refractivity contribution in [3.63, 3.8) is 0 Å². The van der Waals surface area contributed by atoms with Crippen LogP contribution in [0.2, 0.25) is 0 Å². The Kier molecular flexibility index (Phi) is 7.16. The zero-order valence-electron chi connectivity index (χ0n) is 19.9. The first-order chi connectivity index (χ1) is 15.5. The molecule has 0 saturated carbocycles. The van der Waals surface area contributed by atoms with Crippen molar-refractivity contribution in [1.82, 2.24) is 24.2 Å². The lowest BCUT2D eigenvalue weighted by molar-refractivity contribution is -0.114. The van der Waals surface area contributed by atoms with Crippen LogP contribution in [-0.2, 0) is 14.1 Å². The van der Waals surface area contributed by atoms with Gasteiger partial charge in [-0.15, -0.1) is 0 Å². The van der Waals surface area contributed by atoms with Crippen molar-refractivity contribution < 1.29 is 23.6 Å². The molecule has 3 N–H and O–H groups in total. The van der Waals surface area contributed by atoms with Gasteiger partial charge in [-0.05, 0) is 34.4 Å². The molecule has 3 heterocycles. The lowest BCUT2D eigenvalue weighted by Gasteiger charge is -2.37. The molecule has 1 aliphatic rings. The fourth-order valence-corrected chi connectivity index (χ4v) is 6.01. The van der Waals surface area contributed by atoms with Gasteiger partial charge in [0.05, 0.1) is 12.9 Å². The molecular formula is C19H30FN6O5P. The van der Waals surface area contributed by atoms with Crippen LogP contribution >= 0.6 is 8.30 Å². The monoisotopic (exact) mass is 473 g/mol. The summed E-state index contributed by atoms with van der Waals surface area (Å²) < 4.78 is 38.4. The van der Waals surface area contributed by atoms with Crippen LogP contribution in [0.25, 0.3) is 11.2 Å². The van der Waals surface area contributed by atoms with Gasteiger partial charge in [0.2, 0.25) is 13.3 Å². The average Bonchev–Trinajstić information content (AvgIpc) is 3.23. The van der Waals surface area contributed by atoms with Gasteiger partial charge in [-0.1, -0.05) is 0 Å². The summed E-state index contributed by atoms with van der Waals surface area (Å²) in [6.45, 7) is 11.1. The highest BCUT2D eigenvalue weighted by molar-refractivity contribution is 7.49. The minimum atomic E-state index is -1.65. The van der Waals surface area contributed by atoms with Crippen molar-refractivity contribution in [2.24, 2.45) is 0 Å². The van der Waals surface area contributed by atoms with Crippen molar-refractivity contribution in [3.05, 3.63) is 16.7 Å². The van der Waals surface area contributed by atoms with Gasteiger partial charge in [0.15, 0.2) is 23.6 Å². The number of halogens is 1. The molecular weight excluding hydrogens is 442 g/mol. The van der Waals surface area contributed by atoms with E-state index in [1.807, 2.05) is 34.4 Å². The topological polar surface area (TPSA) is 135 Å². The number of alkyl halides is 1. The van der Waals surface area contributed by atoms with E-state index in [0.29, 0.717) is 0 Å². The minimum absolute atomic E-state index is 0.0268. The third-order valence-electron chi connectivity index (χ3n) is 5.09. The number of hydrogen-bond donors (Lipinski definition) is 3. The standard InChI is InChI=1S/C19H30FN6O5P/c1-9(2)26(10(3)4)32(6)31-15-12(7-27)30-18(13(15)20)25-8-21-14-16(25)23-19(22-11(5)28)24-17(14)29/h8-10,12-13,15,18,27H,7H2,1-6H3,(H2,22,23,24,28,29)/t12-,13+,15?,18-,32?/m1/s1/i27D. The van der Waals surface area contributed by atoms with Crippen LogP contribution in [0.4, 0.5) is 10.3 Å². The Morgan fingerprint density at radius 1 is 1.50 bits per heavy atom. The lowest BCUT2D eigenvalue weighted by atomic mass is 10.1. The molecule has 0 aliphatic carbocycles. The summed E-state index contributed by atoms with van der Waals surface area (Å²) in [5.74, 6) is -0.517.